The van der Waals surface area contributed by atoms with Crippen molar-refractivity contribution in [2.75, 3.05) is 23.7 Å². The Labute approximate surface area is 189 Å². The summed E-state index contributed by atoms with van der Waals surface area (Å²) in [6.45, 7) is 2.70. The lowest BCUT2D eigenvalue weighted by atomic mass is 9.97. The molecule has 0 radical (unpaired) electrons. The lowest BCUT2D eigenvalue weighted by Gasteiger charge is -2.30. The van der Waals surface area contributed by atoms with Crippen LogP contribution >= 0.6 is 0 Å². The molecule has 0 aliphatic carbocycles. The fourth-order valence-electron chi connectivity index (χ4n) is 4.29. The van der Waals surface area contributed by atoms with Gasteiger partial charge in [-0.1, -0.05) is 19.1 Å². The van der Waals surface area contributed by atoms with Gasteiger partial charge in [0.2, 0.25) is 21.8 Å². The molecular formula is C24H29N3O4S. The predicted molar refractivity (Wildman–Crippen MR) is 124 cm³/mol. The van der Waals surface area contributed by atoms with Crippen LogP contribution in [0.15, 0.2) is 47.4 Å². The summed E-state index contributed by atoms with van der Waals surface area (Å²) in [5, 5.41) is 5.78. The van der Waals surface area contributed by atoms with Crippen molar-refractivity contribution < 1.29 is 18.0 Å². The number of nitrogens with zero attached hydrogens (tertiary/aromatic N) is 1. The number of rotatable bonds is 5. The zero-order chi connectivity index (χ0) is 22.7. The normalized spacial score (nSPS) is 17.8. The number of carbonyl (C=O) groups excluding carboxylic acids is 2. The molecule has 0 spiro atoms. The third kappa shape index (κ3) is 4.86. The first-order chi connectivity index (χ1) is 15.4. The molecule has 0 atom stereocenters. The van der Waals surface area contributed by atoms with Gasteiger partial charge < -0.3 is 10.6 Å². The van der Waals surface area contributed by atoms with Gasteiger partial charge in [0.05, 0.1) is 4.90 Å². The number of amides is 2. The second kappa shape index (κ2) is 9.42. The van der Waals surface area contributed by atoms with Gasteiger partial charge in [0.1, 0.15) is 0 Å². The van der Waals surface area contributed by atoms with Crippen LogP contribution < -0.4 is 10.6 Å². The van der Waals surface area contributed by atoms with Crippen molar-refractivity contribution in [3.05, 3.63) is 53.6 Å². The van der Waals surface area contributed by atoms with Crippen LogP contribution in [0.5, 0.6) is 0 Å². The molecule has 2 amide bonds. The van der Waals surface area contributed by atoms with Crippen molar-refractivity contribution in [3.8, 4) is 0 Å². The summed E-state index contributed by atoms with van der Waals surface area (Å²) in [6.07, 6.45) is 3.72. The monoisotopic (exact) mass is 455 g/mol. The number of benzene rings is 2. The highest BCUT2D eigenvalue weighted by atomic mass is 32.2. The number of aryl methyl sites for hydroxylation is 2. The van der Waals surface area contributed by atoms with E-state index in [1.807, 2.05) is 24.3 Å². The molecule has 0 unspecified atom stereocenters. The van der Waals surface area contributed by atoms with Crippen molar-refractivity contribution in [3.63, 3.8) is 0 Å². The van der Waals surface area contributed by atoms with Crippen LogP contribution in [-0.2, 0) is 32.5 Å². The van der Waals surface area contributed by atoms with Gasteiger partial charge >= 0.3 is 0 Å². The van der Waals surface area contributed by atoms with Crippen molar-refractivity contribution in [1.29, 1.82) is 0 Å². The molecule has 1 fully saturated rings. The SMILES string of the molecule is CCc1ccc(NC(=O)C2CCN(S(=O)(=O)c3ccc4c(c3)CCCC(=O)N4)CC2)cc1. The maximum absolute atomic E-state index is 13.2. The van der Waals surface area contributed by atoms with Gasteiger partial charge in [-0.2, -0.15) is 4.31 Å². The summed E-state index contributed by atoms with van der Waals surface area (Å²) < 4.78 is 27.8. The van der Waals surface area contributed by atoms with Crippen LogP contribution in [0.2, 0.25) is 0 Å². The standard InChI is InChI=1S/C24H29N3O4S/c1-2-17-6-8-20(9-7-17)25-24(29)18-12-14-27(15-13-18)32(30,31)21-10-11-22-19(16-21)4-3-5-23(28)26-22/h6-11,16,18H,2-5,12-15H2,1H3,(H,25,29)(H,26,28). The highest BCUT2D eigenvalue weighted by molar-refractivity contribution is 7.89. The Morgan fingerprint density at radius 3 is 2.50 bits per heavy atom. The minimum absolute atomic E-state index is 0.0407. The summed E-state index contributed by atoms with van der Waals surface area (Å²) in [7, 11) is -3.65. The molecule has 8 heteroatoms. The van der Waals surface area contributed by atoms with Gasteiger partial charge in [0.15, 0.2) is 0 Å². The molecule has 0 saturated carbocycles. The van der Waals surface area contributed by atoms with E-state index in [4.69, 9.17) is 0 Å². The first kappa shape index (κ1) is 22.5. The van der Waals surface area contributed by atoms with Gasteiger partial charge in [-0.3, -0.25) is 9.59 Å². The number of sulfonamides is 1. The predicted octanol–water partition coefficient (Wildman–Crippen LogP) is 3.56. The quantitative estimate of drug-likeness (QED) is 0.721. The molecule has 0 aromatic heterocycles. The number of carbonyl (C=O) groups is 2. The molecule has 2 aromatic rings. The maximum atomic E-state index is 13.2. The molecule has 2 aromatic carbocycles. The number of hydrogen-bond acceptors (Lipinski definition) is 4. The second-order valence-corrected chi connectivity index (χ2v) is 10.4. The van der Waals surface area contributed by atoms with Crippen LogP contribution in [0.1, 0.15) is 43.7 Å². The molecule has 1 saturated heterocycles. The second-order valence-electron chi connectivity index (χ2n) is 8.44. The molecule has 7 nitrogen and oxygen atoms in total. The van der Waals surface area contributed by atoms with Crippen LogP contribution in [0.25, 0.3) is 0 Å². The first-order valence-corrected chi connectivity index (χ1v) is 12.6. The molecule has 2 heterocycles. The van der Waals surface area contributed by atoms with E-state index in [2.05, 4.69) is 17.6 Å². The lowest BCUT2D eigenvalue weighted by molar-refractivity contribution is -0.121. The summed E-state index contributed by atoms with van der Waals surface area (Å²) in [5.74, 6) is -0.317. The Kier molecular flexibility index (Phi) is 6.62. The smallest absolute Gasteiger partial charge is 0.243 e. The van der Waals surface area contributed by atoms with E-state index in [1.54, 1.807) is 18.2 Å². The zero-order valence-corrected chi connectivity index (χ0v) is 19.1. The highest BCUT2D eigenvalue weighted by Gasteiger charge is 2.32. The van der Waals surface area contributed by atoms with E-state index in [0.717, 1.165) is 17.7 Å². The van der Waals surface area contributed by atoms with Gasteiger partial charge in [0.25, 0.3) is 0 Å². The third-order valence-corrected chi connectivity index (χ3v) is 8.19. The van der Waals surface area contributed by atoms with E-state index in [-0.39, 0.29) is 22.6 Å². The Morgan fingerprint density at radius 1 is 1.09 bits per heavy atom. The molecule has 0 bridgehead atoms. The minimum atomic E-state index is -3.65. The Bertz CT molecular complexity index is 1100. The van der Waals surface area contributed by atoms with Crippen LogP contribution in [0, 0.1) is 5.92 Å². The Balaban J connectivity index is 1.39. The fraction of sp³-hybridized carbons (Fsp3) is 0.417. The summed E-state index contributed by atoms with van der Waals surface area (Å²) in [4.78, 5) is 24.6. The molecule has 2 aliphatic heterocycles. The van der Waals surface area contributed by atoms with Crippen LogP contribution in [-0.4, -0.2) is 37.6 Å². The minimum Gasteiger partial charge on any atom is -0.326 e. The van der Waals surface area contributed by atoms with Crippen molar-refractivity contribution in [2.24, 2.45) is 5.92 Å². The molecule has 4 rings (SSSR count). The van der Waals surface area contributed by atoms with E-state index in [1.165, 1.54) is 9.87 Å². The van der Waals surface area contributed by atoms with Crippen LogP contribution in [0.3, 0.4) is 0 Å². The molecule has 32 heavy (non-hydrogen) atoms. The molecular weight excluding hydrogens is 426 g/mol. The highest BCUT2D eigenvalue weighted by Crippen LogP contribution is 2.29. The summed E-state index contributed by atoms with van der Waals surface area (Å²) in [6, 6.07) is 12.7. The van der Waals surface area contributed by atoms with E-state index in [0.29, 0.717) is 50.9 Å². The summed E-state index contributed by atoms with van der Waals surface area (Å²) >= 11 is 0. The average Bonchev–Trinajstić information content (AvgIpc) is 2.99. The number of nitrogens with one attached hydrogen (secondary N) is 2. The van der Waals surface area contributed by atoms with Gasteiger partial charge in [-0.15, -0.1) is 0 Å². The van der Waals surface area contributed by atoms with Crippen molar-refractivity contribution in [1.82, 2.24) is 4.31 Å². The molecule has 2 N–H and O–H groups in total. The van der Waals surface area contributed by atoms with E-state index >= 15 is 0 Å². The van der Waals surface area contributed by atoms with Gasteiger partial charge in [-0.25, -0.2) is 8.42 Å². The van der Waals surface area contributed by atoms with Crippen molar-refractivity contribution >= 4 is 33.2 Å². The Hall–Kier alpha value is -2.71. The van der Waals surface area contributed by atoms with Crippen LogP contribution in [0.4, 0.5) is 11.4 Å². The largest absolute Gasteiger partial charge is 0.326 e. The first-order valence-electron chi connectivity index (χ1n) is 11.2. The van der Waals surface area contributed by atoms with E-state index in [9.17, 15) is 18.0 Å². The molecule has 170 valence electrons. The molecule has 2 aliphatic rings. The number of piperidine rings is 1. The average molecular weight is 456 g/mol. The fourth-order valence-corrected chi connectivity index (χ4v) is 5.81. The van der Waals surface area contributed by atoms with Crippen molar-refractivity contribution in [2.45, 2.75) is 50.3 Å². The Morgan fingerprint density at radius 2 is 1.81 bits per heavy atom. The van der Waals surface area contributed by atoms with E-state index < -0.39 is 10.0 Å². The number of hydrogen-bond donors (Lipinski definition) is 2. The lowest BCUT2D eigenvalue weighted by Crippen LogP contribution is -2.41. The number of fused-ring (bicyclic) bond motifs is 1. The topological polar surface area (TPSA) is 95.6 Å². The third-order valence-electron chi connectivity index (χ3n) is 6.29. The maximum Gasteiger partial charge on any atom is 0.243 e. The zero-order valence-electron chi connectivity index (χ0n) is 18.3. The summed E-state index contributed by atoms with van der Waals surface area (Å²) in [5.41, 5.74) is 3.51. The van der Waals surface area contributed by atoms with Gasteiger partial charge in [-0.05, 0) is 73.6 Å². The number of anilines is 2. The van der Waals surface area contributed by atoms with Gasteiger partial charge in [0, 0.05) is 36.8 Å².